The highest BCUT2D eigenvalue weighted by Crippen LogP contribution is 2.42. The Labute approximate surface area is 86.7 Å². The highest BCUT2D eigenvalue weighted by molar-refractivity contribution is 5.01. The van der Waals surface area contributed by atoms with Crippen molar-refractivity contribution in [3.8, 4) is 0 Å². The molecule has 3 aliphatic rings. The van der Waals surface area contributed by atoms with Gasteiger partial charge in [0.25, 0.3) is 0 Å². The third kappa shape index (κ3) is 1.33. The SMILES string of the molecule is CC1(C)O[C@H]2O[C@@H]3[C@H](O)[C@H](O)O[C@@H]3[C@H]2O1. The summed E-state index contributed by atoms with van der Waals surface area (Å²) in [5.41, 5.74) is 0. The third-order valence-corrected chi connectivity index (χ3v) is 2.95. The van der Waals surface area contributed by atoms with Gasteiger partial charge in [0.05, 0.1) is 0 Å². The first kappa shape index (κ1) is 9.95. The van der Waals surface area contributed by atoms with Crippen LogP contribution in [0.4, 0.5) is 0 Å². The number of ether oxygens (including phenoxy) is 4. The Balaban J connectivity index is 1.80. The van der Waals surface area contributed by atoms with E-state index < -0.39 is 36.7 Å². The molecular formula is C9H14O6. The molecule has 15 heavy (non-hydrogen) atoms. The molecule has 0 bridgehead atoms. The number of hydrogen-bond acceptors (Lipinski definition) is 6. The molecule has 0 amide bonds. The molecule has 6 heteroatoms. The second kappa shape index (κ2) is 2.91. The molecule has 3 heterocycles. The Morgan fingerprint density at radius 2 is 1.67 bits per heavy atom. The molecule has 3 rings (SSSR count). The van der Waals surface area contributed by atoms with Gasteiger partial charge in [0.2, 0.25) is 0 Å². The van der Waals surface area contributed by atoms with Crippen LogP contribution in [0.5, 0.6) is 0 Å². The van der Waals surface area contributed by atoms with Gasteiger partial charge in [-0.15, -0.1) is 0 Å². The third-order valence-electron chi connectivity index (χ3n) is 2.95. The molecular weight excluding hydrogens is 204 g/mol. The molecule has 0 aliphatic carbocycles. The average molecular weight is 218 g/mol. The van der Waals surface area contributed by atoms with Gasteiger partial charge in [-0.2, -0.15) is 0 Å². The van der Waals surface area contributed by atoms with Crippen LogP contribution in [-0.2, 0) is 18.9 Å². The summed E-state index contributed by atoms with van der Waals surface area (Å²) >= 11 is 0. The highest BCUT2D eigenvalue weighted by atomic mass is 16.9. The number of hydrogen-bond donors (Lipinski definition) is 2. The van der Waals surface area contributed by atoms with Gasteiger partial charge in [0, 0.05) is 0 Å². The Bertz CT molecular complexity index is 280. The van der Waals surface area contributed by atoms with E-state index in [9.17, 15) is 10.2 Å². The molecule has 0 spiro atoms. The van der Waals surface area contributed by atoms with Crippen LogP contribution >= 0.6 is 0 Å². The Morgan fingerprint density at radius 1 is 0.933 bits per heavy atom. The van der Waals surface area contributed by atoms with E-state index in [1.165, 1.54) is 0 Å². The summed E-state index contributed by atoms with van der Waals surface area (Å²) in [6.07, 6.45) is -4.15. The summed E-state index contributed by atoms with van der Waals surface area (Å²) in [7, 11) is 0. The standard InChI is InChI=1S/C9H14O6/c1-9(2)14-6-5-4(13-8(6)15-9)3(10)7(11)12-5/h3-8,10-11H,1-2H3/t3-,4+,5-,6+,7+,8+/m0/s1. The Hall–Kier alpha value is -0.240. The van der Waals surface area contributed by atoms with Gasteiger partial charge in [-0.25, -0.2) is 0 Å². The van der Waals surface area contributed by atoms with Gasteiger partial charge in [0.15, 0.2) is 18.4 Å². The molecule has 3 aliphatic heterocycles. The smallest absolute Gasteiger partial charge is 0.190 e. The van der Waals surface area contributed by atoms with Gasteiger partial charge in [-0.05, 0) is 13.8 Å². The number of aliphatic hydroxyl groups excluding tert-OH is 2. The zero-order chi connectivity index (χ0) is 10.8. The predicted octanol–water partition coefficient (Wildman–Crippen LogP) is -1.06. The summed E-state index contributed by atoms with van der Waals surface area (Å²) in [6, 6.07) is 0. The molecule has 0 aromatic carbocycles. The Morgan fingerprint density at radius 3 is 2.40 bits per heavy atom. The van der Waals surface area contributed by atoms with E-state index >= 15 is 0 Å². The van der Waals surface area contributed by atoms with Crippen LogP contribution in [-0.4, -0.2) is 53.0 Å². The van der Waals surface area contributed by atoms with Gasteiger partial charge in [-0.3, -0.25) is 0 Å². The first-order valence-electron chi connectivity index (χ1n) is 5.01. The van der Waals surface area contributed by atoms with Crippen molar-refractivity contribution in [2.75, 3.05) is 0 Å². The van der Waals surface area contributed by atoms with Crippen molar-refractivity contribution < 1.29 is 29.2 Å². The van der Waals surface area contributed by atoms with Crippen molar-refractivity contribution in [3.63, 3.8) is 0 Å². The zero-order valence-electron chi connectivity index (χ0n) is 8.49. The zero-order valence-corrected chi connectivity index (χ0v) is 8.49. The van der Waals surface area contributed by atoms with Crippen molar-refractivity contribution in [1.29, 1.82) is 0 Å². The summed E-state index contributed by atoms with van der Waals surface area (Å²) in [6.45, 7) is 3.57. The monoisotopic (exact) mass is 218 g/mol. The summed E-state index contributed by atoms with van der Waals surface area (Å²) in [4.78, 5) is 0. The fourth-order valence-corrected chi connectivity index (χ4v) is 2.34. The van der Waals surface area contributed by atoms with Crippen molar-refractivity contribution in [1.82, 2.24) is 0 Å². The molecule has 3 fully saturated rings. The minimum absolute atomic E-state index is 0.378. The van der Waals surface area contributed by atoms with E-state index in [-0.39, 0.29) is 6.10 Å². The lowest BCUT2D eigenvalue weighted by Crippen LogP contribution is -2.35. The second-order valence-electron chi connectivity index (χ2n) is 4.55. The van der Waals surface area contributed by atoms with Crippen LogP contribution in [0.2, 0.25) is 0 Å². The predicted molar refractivity (Wildman–Crippen MR) is 45.6 cm³/mol. The number of aliphatic hydroxyl groups is 2. The lowest BCUT2D eigenvalue weighted by atomic mass is 10.1. The average Bonchev–Trinajstić information content (AvgIpc) is 2.66. The van der Waals surface area contributed by atoms with Gasteiger partial charge in [0.1, 0.15) is 24.4 Å². The molecule has 0 aromatic rings. The Kier molecular flexibility index (Phi) is 1.93. The maximum absolute atomic E-state index is 9.54. The minimum Gasteiger partial charge on any atom is -0.385 e. The minimum atomic E-state index is -1.20. The molecule has 3 saturated heterocycles. The second-order valence-corrected chi connectivity index (χ2v) is 4.55. The normalized spacial score (nSPS) is 56.8. The quantitative estimate of drug-likeness (QED) is 0.539. The number of rotatable bonds is 0. The summed E-state index contributed by atoms with van der Waals surface area (Å²) in [5.74, 6) is -0.706. The summed E-state index contributed by atoms with van der Waals surface area (Å²) < 4.78 is 21.7. The molecule has 0 aromatic heterocycles. The van der Waals surface area contributed by atoms with Gasteiger partial charge < -0.3 is 29.2 Å². The van der Waals surface area contributed by atoms with Crippen LogP contribution in [0.25, 0.3) is 0 Å². The first-order valence-corrected chi connectivity index (χ1v) is 5.01. The van der Waals surface area contributed by atoms with E-state index in [1.54, 1.807) is 13.8 Å². The largest absolute Gasteiger partial charge is 0.385 e. The van der Waals surface area contributed by atoms with Crippen LogP contribution < -0.4 is 0 Å². The van der Waals surface area contributed by atoms with E-state index in [1.807, 2.05) is 0 Å². The maximum atomic E-state index is 9.54. The van der Waals surface area contributed by atoms with Gasteiger partial charge in [-0.1, -0.05) is 0 Å². The van der Waals surface area contributed by atoms with E-state index in [0.29, 0.717) is 0 Å². The lowest BCUT2D eigenvalue weighted by Gasteiger charge is -2.21. The van der Waals surface area contributed by atoms with E-state index in [0.717, 1.165) is 0 Å². The first-order chi connectivity index (χ1) is 6.98. The molecule has 6 atom stereocenters. The summed E-state index contributed by atoms with van der Waals surface area (Å²) in [5, 5.41) is 18.8. The maximum Gasteiger partial charge on any atom is 0.190 e. The van der Waals surface area contributed by atoms with Crippen molar-refractivity contribution >= 4 is 0 Å². The van der Waals surface area contributed by atoms with Gasteiger partial charge >= 0.3 is 0 Å². The van der Waals surface area contributed by atoms with E-state index in [2.05, 4.69) is 0 Å². The van der Waals surface area contributed by atoms with Crippen LogP contribution in [0.1, 0.15) is 13.8 Å². The van der Waals surface area contributed by atoms with Crippen LogP contribution in [0.15, 0.2) is 0 Å². The number of fused-ring (bicyclic) bond motifs is 3. The van der Waals surface area contributed by atoms with Crippen molar-refractivity contribution in [2.45, 2.75) is 56.6 Å². The molecule has 0 unspecified atom stereocenters. The van der Waals surface area contributed by atoms with E-state index in [4.69, 9.17) is 18.9 Å². The molecule has 0 saturated carbocycles. The van der Waals surface area contributed by atoms with Crippen molar-refractivity contribution in [2.24, 2.45) is 0 Å². The fourth-order valence-electron chi connectivity index (χ4n) is 2.34. The lowest BCUT2D eigenvalue weighted by molar-refractivity contribution is -0.214. The highest BCUT2D eigenvalue weighted by Gasteiger charge is 2.61. The molecule has 6 nitrogen and oxygen atoms in total. The van der Waals surface area contributed by atoms with Crippen molar-refractivity contribution in [3.05, 3.63) is 0 Å². The molecule has 86 valence electrons. The fraction of sp³-hybridized carbons (Fsp3) is 1.00. The van der Waals surface area contributed by atoms with Crippen LogP contribution in [0, 0.1) is 0 Å². The molecule has 0 radical (unpaired) electrons. The molecule has 2 N–H and O–H groups in total. The topological polar surface area (TPSA) is 77.4 Å². The van der Waals surface area contributed by atoms with Crippen LogP contribution in [0.3, 0.4) is 0 Å².